The number of anilines is 2. The molecule has 1 amide bonds. The standard InChI is InChI=1S/C23H29N5O3/c1-5-19(29)28-13-11-17(12-14-28)26-22-20(23(27(3)4)25-15-24-22)21(30)16-7-9-18(10-8-16)31-6-2/h5,7-10,15,17H,1,6,11-14H2,2-4H3,(H,24,25,26). The topological polar surface area (TPSA) is 87.7 Å². The van der Waals surface area contributed by atoms with E-state index in [0.717, 1.165) is 18.6 Å². The van der Waals surface area contributed by atoms with Crippen LogP contribution in [0.4, 0.5) is 11.6 Å². The van der Waals surface area contributed by atoms with Crippen LogP contribution < -0.4 is 15.0 Å². The van der Waals surface area contributed by atoms with Crippen molar-refractivity contribution in [1.29, 1.82) is 0 Å². The first-order chi connectivity index (χ1) is 14.9. The summed E-state index contributed by atoms with van der Waals surface area (Å²) in [5, 5.41) is 3.42. The van der Waals surface area contributed by atoms with Gasteiger partial charge < -0.3 is 19.9 Å². The van der Waals surface area contributed by atoms with Gasteiger partial charge in [0.15, 0.2) is 5.78 Å². The average molecular weight is 424 g/mol. The van der Waals surface area contributed by atoms with Gasteiger partial charge >= 0.3 is 0 Å². The van der Waals surface area contributed by atoms with Gasteiger partial charge in [-0.1, -0.05) is 6.58 Å². The molecule has 0 spiro atoms. The third kappa shape index (κ3) is 5.20. The molecule has 31 heavy (non-hydrogen) atoms. The number of nitrogens with zero attached hydrogens (tertiary/aromatic N) is 4. The highest BCUT2D eigenvalue weighted by atomic mass is 16.5. The van der Waals surface area contributed by atoms with Crippen LogP contribution in [0.5, 0.6) is 5.75 Å². The zero-order valence-corrected chi connectivity index (χ0v) is 18.3. The molecule has 0 saturated carbocycles. The molecule has 1 aliphatic heterocycles. The van der Waals surface area contributed by atoms with Crippen LogP contribution in [0.15, 0.2) is 43.2 Å². The Hall–Kier alpha value is -3.42. The van der Waals surface area contributed by atoms with E-state index >= 15 is 0 Å². The van der Waals surface area contributed by atoms with Gasteiger partial charge in [-0.2, -0.15) is 0 Å². The van der Waals surface area contributed by atoms with E-state index in [1.54, 1.807) is 34.1 Å². The van der Waals surface area contributed by atoms with E-state index in [9.17, 15) is 9.59 Å². The molecule has 1 aromatic heterocycles. The molecular weight excluding hydrogens is 394 g/mol. The zero-order valence-electron chi connectivity index (χ0n) is 18.3. The maximum atomic E-state index is 13.4. The van der Waals surface area contributed by atoms with Gasteiger partial charge in [-0.15, -0.1) is 0 Å². The van der Waals surface area contributed by atoms with Crippen LogP contribution in [0.25, 0.3) is 0 Å². The zero-order chi connectivity index (χ0) is 22.4. The summed E-state index contributed by atoms with van der Waals surface area (Å²) in [5.41, 5.74) is 0.969. The second-order valence-electron chi connectivity index (χ2n) is 7.55. The first-order valence-corrected chi connectivity index (χ1v) is 10.4. The summed E-state index contributed by atoms with van der Waals surface area (Å²) in [6.45, 7) is 7.30. The summed E-state index contributed by atoms with van der Waals surface area (Å²) < 4.78 is 5.48. The van der Waals surface area contributed by atoms with Crippen LogP contribution >= 0.6 is 0 Å². The normalized spacial score (nSPS) is 14.1. The van der Waals surface area contributed by atoms with E-state index in [2.05, 4.69) is 21.9 Å². The van der Waals surface area contributed by atoms with Gasteiger partial charge in [0.1, 0.15) is 29.3 Å². The molecule has 2 aromatic rings. The van der Waals surface area contributed by atoms with Crippen molar-refractivity contribution in [2.75, 3.05) is 44.0 Å². The summed E-state index contributed by atoms with van der Waals surface area (Å²) in [4.78, 5) is 37.6. The molecule has 0 atom stereocenters. The molecule has 1 fully saturated rings. The fraction of sp³-hybridized carbons (Fsp3) is 0.391. The van der Waals surface area contributed by atoms with E-state index < -0.39 is 0 Å². The maximum Gasteiger partial charge on any atom is 0.245 e. The van der Waals surface area contributed by atoms with Crippen molar-refractivity contribution in [3.05, 3.63) is 54.4 Å². The van der Waals surface area contributed by atoms with Crippen LogP contribution in [0, 0.1) is 0 Å². The van der Waals surface area contributed by atoms with Crippen molar-refractivity contribution in [2.24, 2.45) is 0 Å². The highest BCUT2D eigenvalue weighted by Crippen LogP contribution is 2.28. The number of rotatable bonds is 8. The van der Waals surface area contributed by atoms with Gasteiger partial charge in [0.2, 0.25) is 5.91 Å². The van der Waals surface area contributed by atoms with E-state index in [4.69, 9.17) is 4.74 Å². The summed E-state index contributed by atoms with van der Waals surface area (Å²) in [7, 11) is 3.70. The van der Waals surface area contributed by atoms with Gasteiger partial charge in [0, 0.05) is 38.8 Å². The number of nitrogens with one attached hydrogen (secondary N) is 1. The van der Waals surface area contributed by atoms with E-state index in [1.807, 2.05) is 21.0 Å². The van der Waals surface area contributed by atoms with Crippen LogP contribution in [-0.4, -0.2) is 66.4 Å². The first-order valence-electron chi connectivity index (χ1n) is 10.4. The number of amides is 1. The number of ether oxygens (including phenoxy) is 1. The smallest absolute Gasteiger partial charge is 0.245 e. The molecule has 1 N–H and O–H groups in total. The van der Waals surface area contributed by atoms with Crippen molar-refractivity contribution < 1.29 is 14.3 Å². The summed E-state index contributed by atoms with van der Waals surface area (Å²) in [5.74, 6) is 1.56. The minimum Gasteiger partial charge on any atom is -0.494 e. The summed E-state index contributed by atoms with van der Waals surface area (Å²) in [6, 6.07) is 7.18. The number of carbonyl (C=O) groups is 2. The van der Waals surface area contributed by atoms with Crippen molar-refractivity contribution in [1.82, 2.24) is 14.9 Å². The SMILES string of the molecule is C=CC(=O)N1CCC(Nc2ncnc(N(C)C)c2C(=O)c2ccc(OCC)cc2)CC1. The van der Waals surface area contributed by atoms with Gasteiger partial charge in [0.25, 0.3) is 0 Å². The predicted octanol–water partition coefficient (Wildman–Crippen LogP) is 2.76. The molecule has 0 aliphatic carbocycles. The highest BCUT2D eigenvalue weighted by molar-refractivity contribution is 6.15. The molecule has 0 bridgehead atoms. The molecule has 0 radical (unpaired) electrons. The number of hydrogen-bond acceptors (Lipinski definition) is 7. The first kappa shape index (κ1) is 22.3. The molecule has 1 aliphatic rings. The Balaban J connectivity index is 1.85. The van der Waals surface area contributed by atoms with Gasteiger partial charge in [-0.3, -0.25) is 9.59 Å². The lowest BCUT2D eigenvalue weighted by Crippen LogP contribution is -2.42. The summed E-state index contributed by atoms with van der Waals surface area (Å²) in [6.07, 6.45) is 4.33. The number of aromatic nitrogens is 2. The Kier molecular flexibility index (Phi) is 7.23. The van der Waals surface area contributed by atoms with Crippen LogP contribution in [-0.2, 0) is 4.79 Å². The van der Waals surface area contributed by atoms with Gasteiger partial charge in [-0.05, 0) is 50.1 Å². The fourth-order valence-electron chi connectivity index (χ4n) is 3.61. The lowest BCUT2D eigenvalue weighted by molar-refractivity contribution is -0.126. The second kappa shape index (κ2) is 10.1. The predicted molar refractivity (Wildman–Crippen MR) is 121 cm³/mol. The molecular formula is C23H29N5O3. The van der Waals surface area contributed by atoms with Gasteiger partial charge in [-0.25, -0.2) is 9.97 Å². The maximum absolute atomic E-state index is 13.4. The lowest BCUT2D eigenvalue weighted by Gasteiger charge is -2.32. The molecule has 164 valence electrons. The Morgan fingerprint density at radius 1 is 1.23 bits per heavy atom. The van der Waals surface area contributed by atoms with Crippen molar-refractivity contribution in [2.45, 2.75) is 25.8 Å². The quantitative estimate of drug-likeness (QED) is 0.516. The number of carbonyl (C=O) groups excluding carboxylic acids is 2. The molecule has 0 unspecified atom stereocenters. The van der Waals surface area contributed by atoms with Gasteiger partial charge in [0.05, 0.1) is 6.61 Å². The molecule has 1 saturated heterocycles. The minimum atomic E-state index is -0.158. The van der Waals surface area contributed by atoms with Crippen molar-refractivity contribution in [3.63, 3.8) is 0 Å². The second-order valence-corrected chi connectivity index (χ2v) is 7.55. The Bertz CT molecular complexity index is 935. The number of likely N-dealkylation sites (tertiary alicyclic amines) is 1. The lowest BCUT2D eigenvalue weighted by atomic mass is 10.0. The molecule has 1 aromatic carbocycles. The van der Waals surface area contributed by atoms with E-state index in [0.29, 0.717) is 42.5 Å². The van der Waals surface area contributed by atoms with E-state index in [1.165, 1.54) is 12.4 Å². The third-order valence-electron chi connectivity index (χ3n) is 5.23. The third-order valence-corrected chi connectivity index (χ3v) is 5.23. The van der Waals surface area contributed by atoms with Crippen LogP contribution in [0.1, 0.15) is 35.7 Å². The molecule has 8 heteroatoms. The number of hydrogen-bond donors (Lipinski definition) is 1. The Labute approximate surface area is 182 Å². The van der Waals surface area contributed by atoms with Crippen molar-refractivity contribution in [3.8, 4) is 5.75 Å². The Morgan fingerprint density at radius 3 is 2.48 bits per heavy atom. The van der Waals surface area contributed by atoms with Crippen molar-refractivity contribution >= 4 is 23.3 Å². The number of piperidine rings is 1. The largest absolute Gasteiger partial charge is 0.494 e. The fourth-order valence-corrected chi connectivity index (χ4v) is 3.61. The van der Waals surface area contributed by atoms with E-state index in [-0.39, 0.29) is 17.7 Å². The number of benzene rings is 1. The average Bonchev–Trinajstić information content (AvgIpc) is 2.79. The minimum absolute atomic E-state index is 0.0539. The number of ketones is 1. The molecule has 3 rings (SSSR count). The van der Waals surface area contributed by atoms with Crippen LogP contribution in [0.2, 0.25) is 0 Å². The Morgan fingerprint density at radius 2 is 1.90 bits per heavy atom. The summed E-state index contributed by atoms with van der Waals surface area (Å²) >= 11 is 0. The monoisotopic (exact) mass is 423 g/mol. The molecule has 8 nitrogen and oxygen atoms in total. The highest BCUT2D eigenvalue weighted by Gasteiger charge is 2.26. The van der Waals surface area contributed by atoms with Crippen LogP contribution in [0.3, 0.4) is 0 Å². The molecule has 2 heterocycles.